The number of hydroxylamine groups is 1. The molecule has 5 rings (SSSR count). The van der Waals surface area contributed by atoms with E-state index in [1.54, 1.807) is 41.5 Å². The van der Waals surface area contributed by atoms with Crippen LogP contribution in [0.15, 0.2) is 83.3 Å². The van der Waals surface area contributed by atoms with Gasteiger partial charge >= 0.3 is 0 Å². The lowest BCUT2D eigenvalue weighted by Gasteiger charge is -2.28. The number of para-hydroxylation sites is 1. The first-order chi connectivity index (χ1) is 14.5. The summed E-state index contributed by atoms with van der Waals surface area (Å²) in [6, 6.07) is 21.6. The number of fused-ring (bicyclic) bond motifs is 1. The SMILES string of the molecule is O=C1[C@H]2[C@@H](c3ccc(F)cc3)N(c3ccccc3)O[C@H]2C(=O)N1c1ccc(Br)cc1. The Bertz CT molecular complexity index is 1110. The van der Waals surface area contributed by atoms with Crippen molar-refractivity contribution in [2.24, 2.45) is 5.92 Å². The van der Waals surface area contributed by atoms with Crippen molar-refractivity contribution in [2.75, 3.05) is 9.96 Å². The van der Waals surface area contributed by atoms with E-state index in [2.05, 4.69) is 15.9 Å². The van der Waals surface area contributed by atoms with Crippen molar-refractivity contribution in [2.45, 2.75) is 12.1 Å². The van der Waals surface area contributed by atoms with Gasteiger partial charge in [0.1, 0.15) is 11.7 Å². The van der Waals surface area contributed by atoms with Crippen molar-refractivity contribution in [3.8, 4) is 0 Å². The summed E-state index contributed by atoms with van der Waals surface area (Å²) in [5.41, 5.74) is 1.92. The summed E-state index contributed by atoms with van der Waals surface area (Å²) in [5, 5.41) is 1.59. The molecule has 0 unspecified atom stereocenters. The molecule has 2 aliphatic heterocycles. The van der Waals surface area contributed by atoms with Crippen LogP contribution in [-0.2, 0) is 14.4 Å². The van der Waals surface area contributed by atoms with Crippen LogP contribution in [0.3, 0.4) is 0 Å². The quantitative estimate of drug-likeness (QED) is 0.527. The Morgan fingerprint density at radius 3 is 2.13 bits per heavy atom. The van der Waals surface area contributed by atoms with Crippen molar-refractivity contribution >= 4 is 39.1 Å². The maximum atomic E-state index is 13.5. The molecular weight excluding hydrogens is 451 g/mol. The Morgan fingerprint density at radius 1 is 0.800 bits per heavy atom. The molecule has 3 atom stereocenters. The van der Waals surface area contributed by atoms with Gasteiger partial charge in [-0.2, -0.15) is 0 Å². The number of imide groups is 1. The molecule has 0 N–H and O–H groups in total. The molecule has 0 radical (unpaired) electrons. The van der Waals surface area contributed by atoms with Crippen LogP contribution in [-0.4, -0.2) is 17.9 Å². The highest BCUT2D eigenvalue weighted by Gasteiger charge is 2.60. The van der Waals surface area contributed by atoms with E-state index in [9.17, 15) is 14.0 Å². The van der Waals surface area contributed by atoms with E-state index < -0.39 is 24.0 Å². The number of hydrogen-bond acceptors (Lipinski definition) is 4. The molecule has 7 heteroatoms. The summed E-state index contributed by atoms with van der Waals surface area (Å²) in [6.07, 6.45) is -0.948. The molecule has 0 bridgehead atoms. The number of carbonyl (C=O) groups is 2. The van der Waals surface area contributed by atoms with E-state index in [0.717, 1.165) is 10.2 Å². The molecule has 3 aromatic carbocycles. The Labute approximate surface area is 180 Å². The van der Waals surface area contributed by atoms with Gasteiger partial charge in [-0.1, -0.05) is 46.3 Å². The molecule has 0 aliphatic carbocycles. The molecule has 2 fully saturated rings. The third kappa shape index (κ3) is 3.02. The Balaban J connectivity index is 1.58. The molecule has 0 aromatic heterocycles. The topological polar surface area (TPSA) is 49.9 Å². The molecular formula is C23H16BrFN2O3. The number of benzene rings is 3. The summed E-state index contributed by atoms with van der Waals surface area (Å²) in [6.45, 7) is 0. The largest absolute Gasteiger partial charge is 0.273 e. The van der Waals surface area contributed by atoms with Crippen molar-refractivity contribution in [1.29, 1.82) is 0 Å². The predicted molar refractivity (Wildman–Crippen MR) is 113 cm³/mol. The number of hydrogen-bond donors (Lipinski definition) is 0. The fraction of sp³-hybridized carbons (Fsp3) is 0.130. The lowest BCUT2D eigenvalue weighted by atomic mass is 9.90. The zero-order valence-electron chi connectivity index (χ0n) is 15.6. The zero-order valence-corrected chi connectivity index (χ0v) is 17.2. The minimum absolute atomic E-state index is 0.333. The summed E-state index contributed by atoms with van der Waals surface area (Å²) in [4.78, 5) is 33.8. The summed E-state index contributed by atoms with van der Waals surface area (Å²) in [7, 11) is 0. The zero-order chi connectivity index (χ0) is 20.8. The van der Waals surface area contributed by atoms with Gasteiger partial charge in [0.25, 0.3) is 5.91 Å². The minimum Gasteiger partial charge on any atom is -0.273 e. The summed E-state index contributed by atoms with van der Waals surface area (Å²) >= 11 is 3.36. The van der Waals surface area contributed by atoms with Crippen LogP contribution in [0, 0.1) is 11.7 Å². The Kier molecular flexibility index (Phi) is 4.64. The van der Waals surface area contributed by atoms with E-state index in [1.807, 2.05) is 30.3 Å². The van der Waals surface area contributed by atoms with Gasteiger partial charge in [0.05, 0.1) is 17.4 Å². The molecule has 2 aliphatic rings. The van der Waals surface area contributed by atoms with Gasteiger partial charge in [-0.25, -0.2) is 14.4 Å². The maximum absolute atomic E-state index is 13.5. The Morgan fingerprint density at radius 2 is 1.47 bits per heavy atom. The number of amides is 2. The van der Waals surface area contributed by atoms with E-state index >= 15 is 0 Å². The highest BCUT2D eigenvalue weighted by Crippen LogP contribution is 2.47. The average Bonchev–Trinajstić information content (AvgIpc) is 3.27. The second-order valence-electron chi connectivity index (χ2n) is 7.20. The standard InChI is InChI=1S/C23H16BrFN2O3/c24-15-8-12-17(13-9-15)26-22(28)19-20(14-6-10-16(25)11-7-14)27(30-21(19)23(26)29)18-4-2-1-3-5-18/h1-13,19-21H/t19-,20+,21+/m0/s1. The first kappa shape index (κ1) is 19.0. The molecule has 2 saturated heterocycles. The van der Waals surface area contributed by atoms with Gasteiger partial charge in [-0.3, -0.25) is 14.4 Å². The van der Waals surface area contributed by atoms with Gasteiger partial charge in [-0.05, 0) is 54.1 Å². The van der Waals surface area contributed by atoms with Gasteiger partial charge < -0.3 is 0 Å². The molecule has 0 spiro atoms. The smallest absolute Gasteiger partial charge is 0.266 e. The van der Waals surface area contributed by atoms with Gasteiger partial charge in [0.2, 0.25) is 5.91 Å². The monoisotopic (exact) mass is 466 g/mol. The first-order valence-electron chi connectivity index (χ1n) is 9.44. The molecule has 2 heterocycles. The normalized spacial score (nSPS) is 23.2. The van der Waals surface area contributed by atoms with E-state index in [-0.39, 0.29) is 11.7 Å². The van der Waals surface area contributed by atoms with Crippen molar-refractivity contribution in [3.63, 3.8) is 0 Å². The van der Waals surface area contributed by atoms with Crippen LogP contribution in [0.1, 0.15) is 11.6 Å². The highest BCUT2D eigenvalue weighted by atomic mass is 79.9. The van der Waals surface area contributed by atoms with Gasteiger partial charge in [-0.15, -0.1) is 0 Å². The molecule has 2 amide bonds. The van der Waals surface area contributed by atoms with Crippen molar-refractivity contribution < 1.29 is 18.8 Å². The number of rotatable bonds is 3. The number of halogens is 2. The van der Waals surface area contributed by atoms with Crippen molar-refractivity contribution in [3.05, 3.63) is 94.7 Å². The lowest BCUT2D eigenvalue weighted by Crippen LogP contribution is -2.37. The summed E-state index contributed by atoms with van der Waals surface area (Å²) in [5.74, 6) is -1.85. The lowest BCUT2D eigenvalue weighted by molar-refractivity contribution is -0.126. The number of anilines is 2. The molecule has 5 nitrogen and oxygen atoms in total. The van der Waals surface area contributed by atoms with Crippen LogP contribution < -0.4 is 9.96 Å². The van der Waals surface area contributed by atoms with Crippen LogP contribution in [0.25, 0.3) is 0 Å². The summed E-state index contributed by atoms with van der Waals surface area (Å²) < 4.78 is 14.4. The molecule has 0 saturated carbocycles. The van der Waals surface area contributed by atoms with Crippen LogP contribution in [0.4, 0.5) is 15.8 Å². The van der Waals surface area contributed by atoms with E-state index in [1.165, 1.54) is 17.0 Å². The van der Waals surface area contributed by atoms with Gasteiger partial charge in [0, 0.05) is 4.47 Å². The van der Waals surface area contributed by atoms with Crippen LogP contribution in [0.5, 0.6) is 0 Å². The van der Waals surface area contributed by atoms with Crippen LogP contribution in [0.2, 0.25) is 0 Å². The number of carbonyl (C=O) groups excluding carboxylic acids is 2. The fourth-order valence-electron chi connectivity index (χ4n) is 4.06. The molecule has 150 valence electrons. The molecule has 3 aromatic rings. The fourth-order valence-corrected chi connectivity index (χ4v) is 4.32. The maximum Gasteiger partial charge on any atom is 0.266 e. The minimum atomic E-state index is -0.948. The third-order valence-electron chi connectivity index (χ3n) is 5.42. The van der Waals surface area contributed by atoms with E-state index in [4.69, 9.17) is 4.84 Å². The van der Waals surface area contributed by atoms with Gasteiger partial charge in [0.15, 0.2) is 6.10 Å². The average molecular weight is 467 g/mol. The van der Waals surface area contributed by atoms with Crippen molar-refractivity contribution in [1.82, 2.24) is 0 Å². The Hall–Kier alpha value is -3.03. The molecule has 30 heavy (non-hydrogen) atoms. The highest BCUT2D eigenvalue weighted by molar-refractivity contribution is 9.10. The first-order valence-corrected chi connectivity index (χ1v) is 10.2. The number of nitrogens with zero attached hydrogens (tertiary/aromatic N) is 2. The van der Waals surface area contributed by atoms with Crippen LogP contribution >= 0.6 is 15.9 Å². The second kappa shape index (κ2) is 7.34. The van der Waals surface area contributed by atoms with E-state index in [0.29, 0.717) is 11.3 Å². The predicted octanol–water partition coefficient (Wildman–Crippen LogP) is 4.64. The third-order valence-corrected chi connectivity index (χ3v) is 5.95. The second-order valence-corrected chi connectivity index (χ2v) is 8.11.